The predicted molar refractivity (Wildman–Crippen MR) is 56.2 cm³/mol. The molecule has 1 heterocycles. The molecule has 4 nitrogen and oxygen atoms in total. The second-order valence-corrected chi connectivity index (χ2v) is 5.86. The van der Waals surface area contributed by atoms with E-state index in [-0.39, 0.29) is 23.0 Å². The maximum atomic E-state index is 12.8. The van der Waals surface area contributed by atoms with Crippen LogP contribution in [0, 0.1) is 5.82 Å². The fourth-order valence-corrected chi connectivity index (χ4v) is 3.46. The minimum Gasteiger partial charge on any atom is -0.390 e. The van der Waals surface area contributed by atoms with Gasteiger partial charge >= 0.3 is 0 Å². The Labute approximate surface area is 97.3 Å². The summed E-state index contributed by atoms with van der Waals surface area (Å²) in [5, 5.41) is 8.89. The Bertz CT molecular complexity index is 513. The molecule has 1 aromatic rings. The molecule has 0 unspecified atom stereocenters. The summed E-state index contributed by atoms with van der Waals surface area (Å²) in [5.41, 5.74) is 0. The van der Waals surface area contributed by atoms with E-state index in [0.717, 1.165) is 22.5 Å². The van der Waals surface area contributed by atoms with Crippen LogP contribution in [0.15, 0.2) is 23.1 Å². The van der Waals surface area contributed by atoms with Crippen molar-refractivity contribution in [3.05, 3.63) is 29.0 Å². The largest absolute Gasteiger partial charge is 0.390 e. The summed E-state index contributed by atoms with van der Waals surface area (Å²) in [5.74, 6) is -0.590. The van der Waals surface area contributed by atoms with Crippen molar-refractivity contribution in [3.63, 3.8) is 0 Å². The van der Waals surface area contributed by atoms with Crippen molar-refractivity contribution in [3.8, 4) is 0 Å². The Morgan fingerprint density at radius 3 is 2.56 bits per heavy atom. The highest BCUT2D eigenvalue weighted by Gasteiger charge is 2.36. The monoisotopic (exact) mass is 265 g/mol. The third kappa shape index (κ3) is 1.93. The van der Waals surface area contributed by atoms with E-state index in [9.17, 15) is 12.8 Å². The molecular weight excluding hydrogens is 257 g/mol. The number of aliphatic hydroxyl groups excluding tert-OH is 1. The molecule has 0 amide bonds. The van der Waals surface area contributed by atoms with Gasteiger partial charge in [-0.15, -0.1) is 0 Å². The molecule has 7 heteroatoms. The number of sulfonamides is 1. The molecule has 0 saturated carbocycles. The molecule has 1 aliphatic rings. The van der Waals surface area contributed by atoms with E-state index in [2.05, 4.69) is 0 Å². The van der Waals surface area contributed by atoms with Gasteiger partial charge < -0.3 is 5.11 Å². The zero-order valence-corrected chi connectivity index (χ0v) is 9.67. The van der Waals surface area contributed by atoms with Gasteiger partial charge in [0.1, 0.15) is 10.7 Å². The number of halogens is 2. The van der Waals surface area contributed by atoms with Crippen LogP contribution in [0.4, 0.5) is 4.39 Å². The lowest BCUT2D eigenvalue weighted by molar-refractivity contribution is 0.0548. The quantitative estimate of drug-likeness (QED) is 0.862. The normalized spacial score (nSPS) is 18.4. The molecule has 1 saturated heterocycles. The van der Waals surface area contributed by atoms with E-state index >= 15 is 0 Å². The molecule has 0 aliphatic carbocycles. The Morgan fingerprint density at radius 1 is 1.44 bits per heavy atom. The first-order valence-electron chi connectivity index (χ1n) is 4.54. The van der Waals surface area contributed by atoms with Gasteiger partial charge in [-0.25, -0.2) is 12.8 Å². The summed E-state index contributed by atoms with van der Waals surface area (Å²) in [4.78, 5) is -0.137. The molecule has 0 atom stereocenters. The number of hydrogen-bond acceptors (Lipinski definition) is 3. The van der Waals surface area contributed by atoms with E-state index in [1.165, 1.54) is 0 Å². The summed E-state index contributed by atoms with van der Waals surface area (Å²) in [7, 11) is -3.71. The van der Waals surface area contributed by atoms with Crippen LogP contribution in [0.5, 0.6) is 0 Å². The average molecular weight is 266 g/mol. The third-order valence-electron chi connectivity index (χ3n) is 2.34. The van der Waals surface area contributed by atoms with Crippen LogP contribution in [-0.2, 0) is 10.0 Å². The first kappa shape index (κ1) is 11.8. The zero-order chi connectivity index (χ0) is 11.9. The summed E-state index contributed by atoms with van der Waals surface area (Å²) in [6.07, 6.45) is -0.631. The molecular formula is C9H9ClFNO3S. The maximum absolute atomic E-state index is 12.8. The number of benzene rings is 1. The number of nitrogens with zero attached hydrogens (tertiary/aromatic N) is 1. The van der Waals surface area contributed by atoms with Gasteiger partial charge in [0.15, 0.2) is 0 Å². The van der Waals surface area contributed by atoms with Crippen molar-refractivity contribution >= 4 is 21.6 Å². The minimum atomic E-state index is -3.71. The van der Waals surface area contributed by atoms with Crippen LogP contribution < -0.4 is 0 Å². The molecule has 0 bridgehead atoms. The van der Waals surface area contributed by atoms with E-state index in [0.29, 0.717) is 0 Å². The van der Waals surface area contributed by atoms with Crippen LogP contribution >= 0.6 is 11.6 Å². The first-order chi connectivity index (χ1) is 7.41. The van der Waals surface area contributed by atoms with Crippen molar-refractivity contribution in [1.82, 2.24) is 4.31 Å². The Morgan fingerprint density at radius 2 is 2.06 bits per heavy atom. The second-order valence-electron chi connectivity index (χ2n) is 3.55. The molecule has 1 fully saturated rings. The van der Waals surface area contributed by atoms with Gasteiger partial charge in [-0.1, -0.05) is 11.6 Å². The van der Waals surface area contributed by atoms with E-state index in [1.54, 1.807) is 0 Å². The topological polar surface area (TPSA) is 57.6 Å². The smallest absolute Gasteiger partial charge is 0.244 e. The van der Waals surface area contributed by atoms with E-state index in [1.807, 2.05) is 0 Å². The Hall–Kier alpha value is -0.690. The van der Waals surface area contributed by atoms with Gasteiger partial charge in [-0.3, -0.25) is 0 Å². The summed E-state index contributed by atoms with van der Waals surface area (Å²) in [6.45, 7) is 0.103. The maximum Gasteiger partial charge on any atom is 0.244 e. The summed E-state index contributed by atoms with van der Waals surface area (Å²) < 4.78 is 37.7. The second kappa shape index (κ2) is 3.96. The highest BCUT2D eigenvalue weighted by Crippen LogP contribution is 2.27. The van der Waals surface area contributed by atoms with Crippen LogP contribution in [0.3, 0.4) is 0 Å². The molecule has 88 valence electrons. The number of hydrogen-bond donors (Lipinski definition) is 1. The number of rotatable bonds is 2. The molecule has 2 rings (SSSR count). The lowest BCUT2D eigenvalue weighted by Crippen LogP contribution is -2.53. The fourth-order valence-electron chi connectivity index (χ4n) is 1.44. The summed E-state index contributed by atoms with van der Waals surface area (Å²) >= 11 is 5.67. The van der Waals surface area contributed by atoms with Gasteiger partial charge in [0.25, 0.3) is 0 Å². The van der Waals surface area contributed by atoms with Gasteiger partial charge in [0.05, 0.1) is 11.1 Å². The molecule has 1 N–H and O–H groups in total. The zero-order valence-electron chi connectivity index (χ0n) is 8.10. The standard InChI is InChI=1S/C9H9ClFNO3S/c10-8-3-6(11)1-2-9(8)16(14,15)12-4-7(13)5-12/h1-3,7,13H,4-5H2. The van der Waals surface area contributed by atoms with Crippen molar-refractivity contribution in [2.24, 2.45) is 0 Å². The predicted octanol–water partition coefficient (Wildman–Crippen LogP) is 0.844. The van der Waals surface area contributed by atoms with E-state index < -0.39 is 21.9 Å². The van der Waals surface area contributed by atoms with Crippen molar-refractivity contribution in [2.75, 3.05) is 13.1 Å². The fraction of sp³-hybridized carbons (Fsp3) is 0.333. The lowest BCUT2D eigenvalue weighted by atomic mass is 10.2. The van der Waals surface area contributed by atoms with Crippen molar-refractivity contribution in [1.29, 1.82) is 0 Å². The molecule has 1 aliphatic heterocycles. The molecule has 0 aromatic heterocycles. The third-order valence-corrected chi connectivity index (χ3v) is 4.66. The first-order valence-corrected chi connectivity index (χ1v) is 6.36. The number of aliphatic hydroxyl groups is 1. The Kier molecular flexibility index (Phi) is 2.91. The number of β-amino-alcohol motifs (C(OH)–C–C–N with tert-alkyl or cyclic N) is 1. The van der Waals surface area contributed by atoms with Gasteiger partial charge in [-0.05, 0) is 18.2 Å². The highest BCUT2D eigenvalue weighted by molar-refractivity contribution is 7.89. The van der Waals surface area contributed by atoms with Crippen LogP contribution in [0.25, 0.3) is 0 Å². The highest BCUT2D eigenvalue weighted by atomic mass is 35.5. The molecule has 0 radical (unpaired) electrons. The van der Waals surface area contributed by atoms with Crippen LogP contribution in [-0.4, -0.2) is 37.0 Å². The van der Waals surface area contributed by atoms with Gasteiger partial charge in [0.2, 0.25) is 10.0 Å². The van der Waals surface area contributed by atoms with Crippen molar-refractivity contribution < 1.29 is 17.9 Å². The Balaban J connectivity index is 2.36. The minimum absolute atomic E-state index is 0.0516. The van der Waals surface area contributed by atoms with Crippen LogP contribution in [0.2, 0.25) is 5.02 Å². The molecule has 0 spiro atoms. The van der Waals surface area contributed by atoms with E-state index in [4.69, 9.17) is 16.7 Å². The van der Waals surface area contributed by atoms with Crippen LogP contribution in [0.1, 0.15) is 0 Å². The SMILES string of the molecule is O=S(=O)(c1ccc(F)cc1Cl)N1CC(O)C1. The summed E-state index contributed by atoms with van der Waals surface area (Å²) in [6, 6.07) is 3.11. The van der Waals surface area contributed by atoms with Crippen molar-refractivity contribution in [2.45, 2.75) is 11.0 Å². The average Bonchev–Trinajstić information content (AvgIpc) is 2.12. The van der Waals surface area contributed by atoms with Gasteiger partial charge in [-0.2, -0.15) is 4.31 Å². The molecule has 16 heavy (non-hydrogen) atoms. The lowest BCUT2D eigenvalue weighted by Gasteiger charge is -2.34. The van der Waals surface area contributed by atoms with Gasteiger partial charge in [0, 0.05) is 13.1 Å². The molecule has 1 aromatic carbocycles.